The van der Waals surface area contributed by atoms with Crippen LogP contribution in [0.3, 0.4) is 0 Å². The number of hydrogen-bond acceptors (Lipinski definition) is 3. The van der Waals surface area contributed by atoms with E-state index in [1.54, 1.807) is 7.11 Å². The molecule has 2 aromatic rings. The number of ether oxygens (including phenoxy) is 1. The second kappa shape index (κ2) is 6.74. The first kappa shape index (κ1) is 14.1. The summed E-state index contributed by atoms with van der Waals surface area (Å²) in [5, 5.41) is 12.4. The number of methoxy groups -OCH3 is 1. The highest BCUT2D eigenvalue weighted by molar-refractivity contribution is 5.45. The van der Waals surface area contributed by atoms with Crippen molar-refractivity contribution < 1.29 is 4.74 Å². The molecule has 0 bridgehead atoms. The number of benzene rings is 2. The number of nitriles is 1. The van der Waals surface area contributed by atoms with Crippen LogP contribution < -0.4 is 10.1 Å². The van der Waals surface area contributed by atoms with Gasteiger partial charge in [-0.25, -0.2) is 0 Å². The van der Waals surface area contributed by atoms with E-state index in [-0.39, 0.29) is 0 Å². The highest BCUT2D eigenvalue weighted by Gasteiger charge is 2.03. The van der Waals surface area contributed by atoms with Gasteiger partial charge >= 0.3 is 0 Å². The van der Waals surface area contributed by atoms with E-state index in [0.717, 1.165) is 18.7 Å². The fourth-order valence-corrected chi connectivity index (χ4v) is 2.13. The standard InChI is InChI=1S/C17H18N2O/c1-13-4-3-5-14(8-13)11-19-12-15-6-7-17(20-2)16(9-15)10-18/h3-9,19H,11-12H2,1-2H3. The van der Waals surface area contributed by atoms with Gasteiger partial charge in [-0.1, -0.05) is 35.9 Å². The van der Waals surface area contributed by atoms with E-state index in [2.05, 4.69) is 42.6 Å². The molecule has 0 amide bonds. The van der Waals surface area contributed by atoms with E-state index in [4.69, 9.17) is 10.00 Å². The zero-order chi connectivity index (χ0) is 14.4. The third-order valence-electron chi connectivity index (χ3n) is 3.13. The highest BCUT2D eigenvalue weighted by atomic mass is 16.5. The fourth-order valence-electron chi connectivity index (χ4n) is 2.13. The van der Waals surface area contributed by atoms with Crippen molar-refractivity contribution in [1.82, 2.24) is 5.32 Å². The predicted molar refractivity (Wildman–Crippen MR) is 79.4 cm³/mol. The van der Waals surface area contributed by atoms with E-state index in [0.29, 0.717) is 11.3 Å². The molecule has 1 N–H and O–H groups in total. The summed E-state index contributed by atoms with van der Waals surface area (Å²) < 4.78 is 5.14. The normalized spacial score (nSPS) is 10.1. The summed E-state index contributed by atoms with van der Waals surface area (Å²) >= 11 is 0. The Labute approximate surface area is 119 Å². The molecular formula is C17H18N2O. The van der Waals surface area contributed by atoms with Gasteiger partial charge in [-0.3, -0.25) is 0 Å². The maximum atomic E-state index is 9.06. The third-order valence-corrected chi connectivity index (χ3v) is 3.13. The zero-order valence-corrected chi connectivity index (χ0v) is 11.8. The van der Waals surface area contributed by atoms with E-state index < -0.39 is 0 Å². The molecule has 0 aliphatic carbocycles. The van der Waals surface area contributed by atoms with Gasteiger partial charge in [-0.05, 0) is 30.2 Å². The van der Waals surface area contributed by atoms with Crippen molar-refractivity contribution in [2.24, 2.45) is 0 Å². The van der Waals surface area contributed by atoms with Crippen LogP contribution in [0.15, 0.2) is 42.5 Å². The van der Waals surface area contributed by atoms with E-state index in [9.17, 15) is 0 Å². The zero-order valence-electron chi connectivity index (χ0n) is 11.8. The Hall–Kier alpha value is -2.31. The van der Waals surface area contributed by atoms with Gasteiger partial charge in [0.25, 0.3) is 0 Å². The molecule has 0 aromatic heterocycles. The van der Waals surface area contributed by atoms with Gasteiger partial charge in [0.1, 0.15) is 11.8 Å². The van der Waals surface area contributed by atoms with Crippen molar-refractivity contribution in [3.05, 3.63) is 64.7 Å². The Morgan fingerprint density at radius 1 is 1.10 bits per heavy atom. The summed E-state index contributed by atoms with van der Waals surface area (Å²) in [6.07, 6.45) is 0. The molecule has 20 heavy (non-hydrogen) atoms. The highest BCUT2D eigenvalue weighted by Crippen LogP contribution is 2.18. The number of rotatable bonds is 5. The van der Waals surface area contributed by atoms with E-state index >= 15 is 0 Å². The minimum absolute atomic E-state index is 0.572. The van der Waals surface area contributed by atoms with Crippen molar-refractivity contribution in [2.45, 2.75) is 20.0 Å². The SMILES string of the molecule is COc1ccc(CNCc2cccc(C)c2)cc1C#N. The second-order valence-electron chi connectivity index (χ2n) is 4.74. The first-order valence-electron chi connectivity index (χ1n) is 6.56. The van der Waals surface area contributed by atoms with Crippen molar-refractivity contribution >= 4 is 0 Å². The molecule has 0 aliphatic heterocycles. The van der Waals surface area contributed by atoms with Crippen LogP contribution in [0.4, 0.5) is 0 Å². The van der Waals surface area contributed by atoms with Crippen LogP contribution in [0.1, 0.15) is 22.3 Å². The first-order valence-corrected chi connectivity index (χ1v) is 6.56. The van der Waals surface area contributed by atoms with Crippen LogP contribution in [-0.2, 0) is 13.1 Å². The van der Waals surface area contributed by atoms with Crippen LogP contribution in [0, 0.1) is 18.3 Å². The molecule has 0 radical (unpaired) electrons. The summed E-state index contributed by atoms with van der Waals surface area (Å²) in [6.45, 7) is 3.63. The first-order chi connectivity index (χ1) is 9.72. The van der Waals surface area contributed by atoms with Crippen molar-refractivity contribution in [2.75, 3.05) is 7.11 Å². The van der Waals surface area contributed by atoms with Crippen LogP contribution in [0.25, 0.3) is 0 Å². The molecular weight excluding hydrogens is 248 g/mol. The number of nitrogens with zero attached hydrogens (tertiary/aromatic N) is 1. The lowest BCUT2D eigenvalue weighted by molar-refractivity contribution is 0.413. The molecule has 0 saturated heterocycles. The molecule has 0 heterocycles. The third kappa shape index (κ3) is 3.59. The fraction of sp³-hybridized carbons (Fsp3) is 0.235. The van der Waals surface area contributed by atoms with E-state index in [1.165, 1.54) is 11.1 Å². The summed E-state index contributed by atoms with van der Waals surface area (Å²) in [5.41, 5.74) is 4.18. The minimum Gasteiger partial charge on any atom is -0.495 e. The summed E-state index contributed by atoms with van der Waals surface area (Å²) in [6, 6.07) is 16.3. The average Bonchev–Trinajstić information content (AvgIpc) is 2.47. The molecule has 102 valence electrons. The average molecular weight is 266 g/mol. The quantitative estimate of drug-likeness (QED) is 0.904. The molecule has 0 spiro atoms. The molecule has 0 atom stereocenters. The maximum Gasteiger partial charge on any atom is 0.136 e. The lowest BCUT2D eigenvalue weighted by Crippen LogP contribution is -2.12. The largest absolute Gasteiger partial charge is 0.495 e. The van der Waals surface area contributed by atoms with Crippen LogP contribution >= 0.6 is 0 Å². The molecule has 3 nitrogen and oxygen atoms in total. The van der Waals surface area contributed by atoms with Crippen molar-refractivity contribution in [1.29, 1.82) is 5.26 Å². The van der Waals surface area contributed by atoms with Gasteiger partial charge in [0.15, 0.2) is 0 Å². The number of nitrogens with one attached hydrogen (secondary N) is 1. The van der Waals surface area contributed by atoms with Gasteiger partial charge in [0.05, 0.1) is 12.7 Å². The topological polar surface area (TPSA) is 45.0 Å². The minimum atomic E-state index is 0.572. The van der Waals surface area contributed by atoms with Gasteiger partial charge < -0.3 is 10.1 Å². The van der Waals surface area contributed by atoms with E-state index in [1.807, 2.05) is 18.2 Å². The Balaban J connectivity index is 1.96. The van der Waals surface area contributed by atoms with Crippen molar-refractivity contribution in [3.63, 3.8) is 0 Å². The molecule has 0 aliphatic rings. The predicted octanol–water partition coefficient (Wildman–Crippen LogP) is 3.17. The Morgan fingerprint density at radius 2 is 1.85 bits per heavy atom. The Bertz CT molecular complexity index is 629. The summed E-state index contributed by atoms with van der Waals surface area (Å²) in [4.78, 5) is 0. The Morgan fingerprint density at radius 3 is 2.50 bits per heavy atom. The van der Waals surface area contributed by atoms with Crippen LogP contribution in [-0.4, -0.2) is 7.11 Å². The van der Waals surface area contributed by atoms with Gasteiger partial charge in [-0.2, -0.15) is 5.26 Å². The van der Waals surface area contributed by atoms with Gasteiger partial charge in [0, 0.05) is 13.1 Å². The van der Waals surface area contributed by atoms with Gasteiger partial charge in [-0.15, -0.1) is 0 Å². The number of aryl methyl sites for hydroxylation is 1. The lowest BCUT2D eigenvalue weighted by atomic mass is 10.1. The molecule has 0 fully saturated rings. The summed E-state index contributed by atoms with van der Waals surface area (Å²) in [5.74, 6) is 0.620. The van der Waals surface area contributed by atoms with Crippen molar-refractivity contribution in [3.8, 4) is 11.8 Å². The number of hydrogen-bond donors (Lipinski definition) is 1. The maximum absolute atomic E-state index is 9.06. The molecule has 0 saturated carbocycles. The molecule has 3 heteroatoms. The Kier molecular flexibility index (Phi) is 4.75. The van der Waals surface area contributed by atoms with Gasteiger partial charge in [0.2, 0.25) is 0 Å². The molecule has 2 rings (SSSR count). The second-order valence-corrected chi connectivity index (χ2v) is 4.74. The monoisotopic (exact) mass is 266 g/mol. The van der Waals surface area contributed by atoms with Crippen LogP contribution in [0.2, 0.25) is 0 Å². The molecule has 0 unspecified atom stereocenters. The summed E-state index contributed by atoms with van der Waals surface area (Å²) in [7, 11) is 1.58. The molecule has 2 aromatic carbocycles. The van der Waals surface area contributed by atoms with Crippen LogP contribution in [0.5, 0.6) is 5.75 Å². The lowest BCUT2D eigenvalue weighted by Gasteiger charge is -2.08. The smallest absolute Gasteiger partial charge is 0.136 e.